The van der Waals surface area contributed by atoms with Crippen LogP contribution in [0.1, 0.15) is 37.7 Å². The van der Waals surface area contributed by atoms with E-state index in [2.05, 4.69) is 41.6 Å². The van der Waals surface area contributed by atoms with Gasteiger partial charge in [-0.2, -0.15) is 0 Å². The SMILES string of the molecule is CCc1ccc(OCc2nnc(SCC(=O)NC(=O)NCc3ccccc3)n2CC(C)C)cc1. The Morgan fingerprint density at radius 2 is 1.76 bits per heavy atom. The van der Waals surface area contributed by atoms with Crippen LogP contribution in [0, 0.1) is 5.92 Å². The van der Waals surface area contributed by atoms with E-state index in [0.717, 1.165) is 17.7 Å². The first-order valence-corrected chi connectivity index (χ1v) is 12.3. The van der Waals surface area contributed by atoms with Crippen LogP contribution in [0.25, 0.3) is 0 Å². The van der Waals surface area contributed by atoms with Crippen molar-refractivity contribution in [2.24, 2.45) is 5.92 Å². The van der Waals surface area contributed by atoms with Crippen molar-refractivity contribution < 1.29 is 14.3 Å². The Hall–Kier alpha value is -3.33. The van der Waals surface area contributed by atoms with Crippen molar-refractivity contribution in [1.29, 1.82) is 0 Å². The largest absolute Gasteiger partial charge is 0.486 e. The number of aromatic nitrogens is 3. The van der Waals surface area contributed by atoms with Gasteiger partial charge < -0.3 is 14.6 Å². The van der Waals surface area contributed by atoms with E-state index in [1.165, 1.54) is 17.3 Å². The predicted molar refractivity (Wildman–Crippen MR) is 133 cm³/mol. The number of nitrogens with one attached hydrogen (secondary N) is 2. The highest BCUT2D eigenvalue weighted by Crippen LogP contribution is 2.20. The molecule has 0 aliphatic carbocycles. The molecular formula is C25H31N5O3S. The maximum atomic E-state index is 12.3. The van der Waals surface area contributed by atoms with Crippen LogP contribution in [-0.4, -0.2) is 32.5 Å². The minimum absolute atomic E-state index is 0.0499. The summed E-state index contributed by atoms with van der Waals surface area (Å²) in [4.78, 5) is 24.3. The molecule has 0 saturated heterocycles. The number of hydrogen-bond donors (Lipinski definition) is 2. The second-order valence-corrected chi connectivity index (χ2v) is 9.14. The van der Waals surface area contributed by atoms with Gasteiger partial charge in [0.2, 0.25) is 5.91 Å². The van der Waals surface area contributed by atoms with Gasteiger partial charge in [0.15, 0.2) is 11.0 Å². The Bertz CT molecular complexity index is 1070. The molecule has 0 atom stereocenters. The molecule has 3 rings (SSSR count). The van der Waals surface area contributed by atoms with Crippen molar-refractivity contribution in [2.75, 3.05) is 5.75 Å². The molecule has 0 saturated carbocycles. The van der Waals surface area contributed by atoms with Crippen LogP contribution in [0.15, 0.2) is 59.8 Å². The molecule has 34 heavy (non-hydrogen) atoms. The van der Waals surface area contributed by atoms with Gasteiger partial charge in [0.25, 0.3) is 0 Å². The van der Waals surface area contributed by atoms with Crippen LogP contribution < -0.4 is 15.4 Å². The number of urea groups is 1. The molecular weight excluding hydrogens is 450 g/mol. The number of hydrogen-bond acceptors (Lipinski definition) is 6. The van der Waals surface area contributed by atoms with E-state index in [1.54, 1.807) is 0 Å². The van der Waals surface area contributed by atoms with Crippen molar-refractivity contribution in [3.05, 3.63) is 71.5 Å². The monoisotopic (exact) mass is 481 g/mol. The lowest BCUT2D eigenvalue weighted by atomic mass is 10.2. The Balaban J connectivity index is 1.53. The standard InChI is InChI=1S/C25H31N5O3S/c1-4-19-10-12-21(13-11-19)33-16-22-28-29-25(30(22)15-18(2)3)34-17-23(31)27-24(32)26-14-20-8-6-5-7-9-20/h5-13,18H,4,14-17H2,1-3H3,(H2,26,27,31,32). The van der Waals surface area contributed by atoms with Crippen LogP contribution in [-0.2, 0) is 30.9 Å². The molecule has 0 aliphatic heterocycles. The molecule has 0 fully saturated rings. The first-order valence-electron chi connectivity index (χ1n) is 11.3. The number of amides is 3. The molecule has 2 aromatic carbocycles. The molecule has 0 radical (unpaired) electrons. The van der Waals surface area contributed by atoms with Crippen LogP contribution in [0.3, 0.4) is 0 Å². The third kappa shape index (κ3) is 7.91. The molecule has 1 heterocycles. The summed E-state index contributed by atoms with van der Waals surface area (Å²) in [7, 11) is 0. The van der Waals surface area contributed by atoms with Crippen molar-refractivity contribution in [1.82, 2.24) is 25.4 Å². The summed E-state index contributed by atoms with van der Waals surface area (Å²) in [6, 6.07) is 17.0. The van der Waals surface area contributed by atoms with Gasteiger partial charge in [0.1, 0.15) is 12.4 Å². The van der Waals surface area contributed by atoms with E-state index in [-0.39, 0.29) is 12.4 Å². The number of ether oxygens (including phenoxy) is 1. The summed E-state index contributed by atoms with van der Waals surface area (Å²) in [5.74, 6) is 1.47. The lowest BCUT2D eigenvalue weighted by molar-refractivity contribution is -0.117. The number of carbonyl (C=O) groups excluding carboxylic acids is 2. The lowest BCUT2D eigenvalue weighted by Gasteiger charge is -2.13. The van der Waals surface area contributed by atoms with E-state index >= 15 is 0 Å². The van der Waals surface area contributed by atoms with Gasteiger partial charge in [-0.25, -0.2) is 4.79 Å². The number of thioether (sulfide) groups is 1. The highest BCUT2D eigenvalue weighted by molar-refractivity contribution is 7.99. The van der Waals surface area contributed by atoms with Gasteiger partial charge in [-0.1, -0.05) is 75.0 Å². The Kier molecular flexibility index (Phi) is 9.51. The molecule has 180 valence electrons. The molecule has 0 unspecified atom stereocenters. The Labute approximate surface area is 204 Å². The quantitative estimate of drug-likeness (QED) is 0.399. The molecule has 0 aliphatic rings. The van der Waals surface area contributed by atoms with Crippen molar-refractivity contribution in [3.63, 3.8) is 0 Å². The smallest absolute Gasteiger partial charge is 0.321 e. The zero-order valence-corrected chi connectivity index (χ0v) is 20.6. The minimum atomic E-state index is -0.527. The highest BCUT2D eigenvalue weighted by atomic mass is 32.2. The van der Waals surface area contributed by atoms with Crippen molar-refractivity contribution >= 4 is 23.7 Å². The molecule has 1 aromatic heterocycles. The summed E-state index contributed by atoms with van der Waals surface area (Å²) >= 11 is 1.24. The van der Waals surface area contributed by atoms with Gasteiger partial charge in [-0.05, 0) is 35.6 Å². The zero-order valence-electron chi connectivity index (χ0n) is 19.8. The first kappa shape index (κ1) is 25.3. The van der Waals surface area contributed by atoms with Gasteiger partial charge in [0.05, 0.1) is 5.75 Å². The van der Waals surface area contributed by atoms with Crippen LogP contribution >= 0.6 is 11.8 Å². The number of imide groups is 1. The third-order valence-electron chi connectivity index (χ3n) is 4.92. The van der Waals surface area contributed by atoms with Crippen molar-refractivity contribution in [2.45, 2.75) is 52.0 Å². The molecule has 0 spiro atoms. The summed E-state index contributed by atoms with van der Waals surface area (Å²) in [6.45, 7) is 7.64. The number of carbonyl (C=O) groups is 2. The molecule has 3 amide bonds. The van der Waals surface area contributed by atoms with Gasteiger partial charge in [-0.15, -0.1) is 10.2 Å². The Morgan fingerprint density at radius 3 is 2.44 bits per heavy atom. The number of rotatable bonds is 11. The lowest BCUT2D eigenvalue weighted by Crippen LogP contribution is -2.40. The Morgan fingerprint density at radius 1 is 1.03 bits per heavy atom. The van der Waals surface area contributed by atoms with E-state index < -0.39 is 11.9 Å². The van der Waals surface area contributed by atoms with Crippen LogP contribution in [0.2, 0.25) is 0 Å². The molecule has 0 bridgehead atoms. The van der Waals surface area contributed by atoms with E-state index in [4.69, 9.17) is 4.74 Å². The highest BCUT2D eigenvalue weighted by Gasteiger charge is 2.17. The second kappa shape index (κ2) is 12.8. The summed E-state index contributed by atoms with van der Waals surface area (Å²) in [6.07, 6.45) is 0.978. The fraction of sp³-hybridized carbons (Fsp3) is 0.360. The van der Waals surface area contributed by atoms with Crippen molar-refractivity contribution in [3.8, 4) is 5.75 Å². The zero-order chi connectivity index (χ0) is 24.3. The summed E-state index contributed by atoms with van der Waals surface area (Å²) < 4.78 is 7.87. The number of aryl methyl sites for hydroxylation is 1. The first-order chi connectivity index (χ1) is 16.4. The fourth-order valence-electron chi connectivity index (χ4n) is 3.17. The topological polar surface area (TPSA) is 98.1 Å². The molecule has 9 heteroatoms. The van der Waals surface area contributed by atoms with Gasteiger partial charge >= 0.3 is 6.03 Å². The number of nitrogens with zero attached hydrogens (tertiary/aromatic N) is 3. The summed E-state index contributed by atoms with van der Waals surface area (Å²) in [5, 5.41) is 14.2. The maximum absolute atomic E-state index is 12.3. The van der Waals surface area contributed by atoms with E-state index in [1.807, 2.05) is 59.2 Å². The van der Waals surface area contributed by atoms with Gasteiger partial charge in [0, 0.05) is 13.1 Å². The maximum Gasteiger partial charge on any atom is 0.321 e. The van der Waals surface area contributed by atoms with Gasteiger partial charge in [-0.3, -0.25) is 10.1 Å². The normalized spacial score (nSPS) is 10.8. The van der Waals surface area contributed by atoms with Crippen LogP contribution in [0.4, 0.5) is 4.79 Å². The molecule has 8 nitrogen and oxygen atoms in total. The minimum Gasteiger partial charge on any atom is -0.486 e. The predicted octanol–water partition coefficient (Wildman–Crippen LogP) is 4.19. The fourth-order valence-corrected chi connectivity index (χ4v) is 3.93. The number of benzene rings is 2. The van der Waals surface area contributed by atoms with E-state index in [0.29, 0.717) is 30.0 Å². The average Bonchev–Trinajstić information content (AvgIpc) is 3.21. The molecule has 2 N–H and O–H groups in total. The third-order valence-corrected chi connectivity index (χ3v) is 5.89. The second-order valence-electron chi connectivity index (χ2n) is 8.19. The van der Waals surface area contributed by atoms with E-state index in [9.17, 15) is 9.59 Å². The summed E-state index contributed by atoms with van der Waals surface area (Å²) in [5.41, 5.74) is 2.21. The van der Waals surface area contributed by atoms with Crippen LogP contribution in [0.5, 0.6) is 5.75 Å². The average molecular weight is 482 g/mol. The molecule has 3 aromatic rings.